The predicted octanol–water partition coefficient (Wildman–Crippen LogP) is 3.41. The Balaban J connectivity index is 1.68. The summed E-state index contributed by atoms with van der Waals surface area (Å²) in [5.74, 6) is -2.38. The quantitative estimate of drug-likeness (QED) is 0.389. The van der Waals surface area contributed by atoms with Crippen molar-refractivity contribution in [3.63, 3.8) is 0 Å². The van der Waals surface area contributed by atoms with E-state index in [-0.39, 0.29) is 17.4 Å². The molecule has 1 unspecified atom stereocenters. The molecule has 1 saturated heterocycles. The average Bonchev–Trinajstić information content (AvgIpc) is 2.97. The fourth-order valence-electron chi connectivity index (χ4n) is 3.44. The van der Waals surface area contributed by atoms with Crippen LogP contribution in [0.3, 0.4) is 0 Å². The van der Waals surface area contributed by atoms with Crippen LogP contribution < -0.4 is 5.32 Å². The second-order valence-electron chi connectivity index (χ2n) is 8.08. The molecule has 0 aromatic heterocycles. The summed E-state index contributed by atoms with van der Waals surface area (Å²) < 4.78 is 0. The van der Waals surface area contributed by atoms with Crippen LogP contribution >= 0.6 is 0 Å². The fourth-order valence-corrected chi connectivity index (χ4v) is 3.44. The highest BCUT2D eigenvalue weighted by atomic mass is 16.2. The number of Topliss-reactive ketones (excluding diaryl/α,β-unsaturated/α-hetero) is 1. The molecule has 1 atom stereocenters. The van der Waals surface area contributed by atoms with E-state index in [0.717, 1.165) is 4.90 Å². The van der Waals surface area contributed by atoms with E-state index in [4.69, 9.17) is 0 Å². The molecule has 166 valence electrons. The molecule has 8 heteroatoms. The summed E-state index contributed by atoms with van der Waals surface area (Å²) in [5, 5.41) is 2.75. The second kappa shape index (κ2) is 9.55. The van der Waals surface area contributed by atoms with Crippen LogP contribution in [0.2, 0.25) is 0 Å². The number of rotatable bonds is 8. The molecule has 1 aliphatic rings. The van der Waals surface area contributed by atoms with Crippen LogP contribution in [0.5, 0.6) is 0 Å². The minimum absolute atomic E-state index is 0.126. The highest BCUT2D eigenvalue weighted by Gasteiger charge is 2.47. The van der Waals surface area contributed by atoms with Gasteiger partial charge >= 0.3 is 17.8 Å². The lowest BCUT2D eigenvalue weighted by molar-refractivity contribution is -0.143. The van der Waals surface area contributed by atoms with Gasteiger partial charge < -0.3 is 5.32 Å². The summed E-state index contributed by atoms with van der Waals surface area (Å²) in [4.78, 5) is 63.7. The fraction of sp³-hybridized carbons (Fsp3) is 0.292. The molecule has 1 N–H and O–H groups in total. The number of hydrogen-bond donors (Lipinski definition) is 1. The predicted molar refractivity (Wildman–Crippen MR) is 118 cm³/mol. The molecule has 1 aliphatic heterocycles. The summed E-state index contributed by atoms with van der Waals surface area (Å²) in [7, 11) is 0. The Bertz CT molecular complexity index is 1050. The summed E-state index contributed by atoms with van der Waals surface area (Å²) in [6.45, 7) is 4.99. The highest BCUT2D eigenvalue weighted by molar-refractivity contribution is 6.45. The molecule has 3 rings (SSSR count). The van der Waals surface area contributed by atoms with E-state index in [1.807, 2.05) is 13.8 Å². The third-order valence-electron chi connectivity index (χ3n) is 5.14. The number of nitrogens with zero attached hydrogens (tertiary/aromatic N) is 2. The first kappa shape index (κ1) is 22.9. The zero-order valence-electron chi connectivity index (χ0n) is 18.2. The van der Waals surface area contributed by atoms with Gasteiger partial charge in [0.05, 0.1) is 12.6 Å². The number of amides is 5. The minimum Gasteiger partial charge on any atom is -0.326 e. The van der Waals surface area contributed by atoms with Crippen LogP contribution in [0, 0.1) is 5.92 Å². The van der Waals surface area contributed by atoms with E-state index in [9.17, 15) is 24.0 Å². The van der Waals surface area contributed by atoms with Crippen LogP contribution in [0.15, 0.2) is 54.6 Å². The van der Waals surface area contributed by atoms with Crippen molar-refractivity contribution in [1.29, 1.82) is 0 Å². The van der Waals surface area contributed by atoms with Crippen molar-refractivity contribution >= 4 is 35.2 Å². The van der Waals surface area contributed by atoms with Crippen molar-refractivity contribution in [2.24, 2.45) is 5.92 Å². The summed E-state index contributed by atoms with van der Waals surface area (Å²) in [5.41, 5.74) is 1.50. The molecule has 1 heterocycles. The molecule has 0 saturated carbocycles. The van der Waals surface area contributed by atoms with Gasteiger partial charge in [-0.05, 0) is 42.7 Å². The van der Waals surface area contributed by atoms with Crippen LogP contribution in [-0.2, 0) is 14.4 Å². The van der Waals surface area contributed by atoms with E-state index < -0.39 is 36.2 Å². The lowest BCUT2D eigenvalue weighted by Gasteiger charge is -2.22. The number of carbonyl (C=O) groups excluding carboxylic acids is 5. The van der Waals surface area contributed by atoms with E-state index in [2.05, 4.69) is 5.32 Å². The van der Waals surface area contributed by atoms with Gasteiger partial charge in [-0.25, -0.2) is 14.6 Å². The lowest BCUT2D eigenvalue weighted by Crippen LogP contribution is -2.37. The third kappa shape index (κ3) is 4.91. The Kier molecular flexibility index (Phi) is 6.82. The molecule has 2 aromatic carbocycles. The Hall–Kier alpha value is -3.81. The van der Waals surface area contributed by atoms with E-state index in [0.29, 0.717) is 22.6 Å². The maximum absolute atomic E-state index is 12.8. The van der Waals surface area contributed by atoms with Crippen molar-refractivity contribution in [1.82, 2.24) is 9.80 Å². The van der Waals surface area contributed by atoms with Gasteiger partial charge in [0.2, 0.25) is 5.91 Å². The normalized spacial score (nSPS) is 14.8. The molecular formula is C24H25N3O5. The molecule has 2 aromatic rings. The zero-order valence-corrected chi connectivity index (χ0v) is 18.2. The number of hydrogen-bond acceptors (Lipinski definition) is 5. The van der Waals surface area contributed by atoms with Gasteiger partial charge in [-0.15, -0.1) is 0 Å². The number of benzene rings is 2. The molecule has 0 bridgehead atoms. The van der Waals surface area contributed by atoms with Gasteiger partial charge in [0.1, 0.15) is 0 Å². The number of nitrogens with one attached hydrogen (secondary N) is 1. The molecule has 1 fully saturated rings. The smallest absolute Gasteiger partial charge is 0.326 e. The third-order valence-corrected chi connectivity index (χ3v) is 5.14. The maximum Gasteiger partial charge on any atom is 0.335 e. The van der Waals surface area contributed by atoms with Crippen LogP contribution in [-0.4, -0.2) is 45.9 Å². The highest BCUT2D eigenvalue weighted by Crippen LogP contribution is 2.26. The van der Waals surface area contributed by atoms with E-state index in [1.165, 1.54) is 12.1 Å². The van der Waals surface area contributed by atoms with E-state index >= 15 is 0 Å². The summed E-state index contributed by atoms with van der Waals surface area (Å²) >= 11 is 0. The summed E-state index contributed by atoms with van der Waals surface area (Å²) in [6.07, 6.45) is 0.381. The number of imide groups is 2. The second-order valence-corrected chi connectivity index (χ2v) is 8.08. The van der Waals surface area contributed by atoms with Crippen LogP contribution in [0.4, 0.5) is 10.5 Å². The first-order valence-electron chi connectivity index (χ1n) is 10.4. The van der Waals surface area contributed by atoms with Gasteiger partial charge in [0.15, 0.2) is 5.78 Å². The molecule has 0 radical (unpaired) electrons. The van der Waals surface area contributed by atoms with Gasteiger partial charge in [-0.1, -0.05) is 44.2 Å². The Morgan fingerprint density at radius 1 is 0.875 bits per heavy atom. The monoisotopic (exact) mass is 435 g/mol. The van der Waals surface area contributed by atoms with Crippen molar-refractivity contribution < 1.29 is 24.0 Å². The van der Waals surface area contributed by atoms with Crippen molar-refractivity contribution in [3.8, 4) is 0 Å². The minimum atomic E-state index is -1.02. The molecule has 0 aliphatic carbocycles. The standard InChI is InChI=1S/C24H25N3O5/c1-15(2)13-21(29)25-19-11-9-18(10-12-19)20(28)14-26-22(30)23(31)27(24(26)32)16(3)17-7-5-4-6-8-17/h4-12,15-16H,13-14H2,1-3H3,(H,25,29). The summed E-state index contributed by atoms with van der Waals surface area (Å²) in [6, 6.07) is 13.6. The number of anilines is 1. The molecule has 0 spiro atoms. The Morgan fingerprint density at radius 2 is 1.50 bits per heavy atom. The van der Waals surface area contributed by atoms with Gasteiger partial charge in [-0.3, -0.25) is 19.2 Å². The van der Waals surface area contributed by atoms with Crippen LogP contribution in [0.1, 0.15) is 49.2 Å². The van der Waals surface area contributed by atoms with Crippen molar-refractivity contribution in [2.75, 3.05) is 11.9 Å². The first-order chi connectivity index (χ1) is 15.2. The maximum atomic E-state index is 12.8. The van der Waals surface area contributed by atoms with E-state index in [1.54, 1.807) is 49.4 Å². The zero-order chi connectivity index (χ0) is 23.4. The molecule has 5 amide bonds. The topological polar surface area (TPSA) is 104 Å². The number of carbonyl (C=O) groups is 5. The Morgan fingerprint density at radius 3 is 2.09 bits per heavy atom. The van der Waals surface area contributed by atoms with Gasteiger partial charge in [0.25, 0.3) is 0 Å². The largest absolute Gasteiger partial charge is 0.335 e. The SMILES string of the molecule is CC(C)CC(=O)Nc1ccc(C(=O)CN2C(=O)C(=O)N(C(C)c3ccccc3)C2=O)cc1. The van der Waals surface area contributed by atoms with Gasteiger partial charge in [-0.2, -0.15) is 0 Å². The van der Waals surface area contributed by atoms with Gasteiger partial charge in [0, 0.05) is 17.7 Å². The molecule has 8 nitrogen and oxygen atoms in total. The Labute approximate surface area is 186 Å². The van der Waals surface area contributed by atoms with Crippen molar-refractivity contribution in [3.05, 3.63) is 65.7 Å². The molecule has 32 heavy (non-hydrogen) atoms. The molecular weight excluding hydrogens is 410 g/mol. The lowest BCUT2D eigenvalue weighted by atomic mass is 10.1. The first-order valence-corrected chi connectivity index (χ1v) is 10.4. The number of urea groups is 1. The number of ketones is 1. The van der Waals surface area contributed by atoms with Crippen LogP contribution in [0.25, 0.3) is 0 Å². The van der Waals surface area contributed by atoms with Crippen molar-refractivity contribution in [2.45, 2.75) is 33.2 Å². The average molecular weight is 435 g/mol.